The van der Waals surface area contributed by atoms with Gasteiger partial charge in [0.05, 0.1) is 18.4 Å². The number of anilines is 1. The lowest BCUT2D eigenvalue weighted by atomic mass is 9.81. The van der Waals surface area contributed by atoms with Crippen molar-refractivity contribution in [2.45, 2.75) is 71.3 Å². The predicted octanol–water partition coefficient (Wildman–Crippen LogP) is 7.00. The fraction of sp³-hybridized carbons (Fsp3) is 0.531. The number of methoxy groups -OCH3 is 1. The summed E-state index contributed by atoms with van der Waals surface area (Å²) in [5.74, 6) is 0.537. The summed E-state index contributed by atoms with van der Waals surface area (Å²) < 4.78 is 8.12. The first-order valence-corrected chi connectivity index (χ1v) is 14.2. The van der Waals surface area contributed by atoms with Gasteiger partial charge in [-0.15, -0.1) is 0 Å². The zero-order valence-electron chi connectivity index (χ0n) is 22.0. The second-order valence-corrected chi connectivity index (χ2v) is 11.1. The number of carboxylic acid groups (broad SMARTS) is 1. The Balaban J connectivity index is 0.00000294. The molecule has 0 radical (unpaired) electrons. The number of carbonyl (C=O) groups is 1. The number of carboxylic acids is 1. The highest BCUT2D eigenvalue weighted by atomic mass is 16.5. The van der Waals surface area contributed by atoms with Gasteiger partial charge in [-0.1, -0.05) is 39.2 Å². The first-order chi connectivity index (χ1) is 18.1. The fourth-order valence-corrected chi connectivity index (χ4v) is 6.96. The average molecular weight is 518 g/mol. The van der Waals surface area contributed by atoms with Crippen molar-refractivity contribution in [1.29, 1.82) is 0 Å². The summed E-state index contributed by atoms with van der Waals surface area (Å²) in [6.45, 7) is 6.21. The lowest BCUT2D eigenvalue weighted by molar-refractivity contribution is 0.0697. The number of rotatable bonds is 6. The third-order valence-electron chi connectivity index (χ3n) is 8.89. The van der Waals surface area contributed by atoms with Crippen molar-refractivity contribution < 1.29 is 14.6 Å². The van der Waals surface area contributed by atoms with Crippen LogP contribution in [0, 0.1) is 0 Å². The van der Waals surface area contributed by atoms with Gasteiger partial charge in [0.25, 0.3) is 0 Å². The minimum atomic E-state index is -0.862. The molecule has 6 rings (SSSR count). The van der Waals surface area contributed by atoms with Gasteiger partial charge in [0.1, 0.15) is 5.75 Å². The number of hydrogen-bond donors (Lipinski definition) is 1. The van der Waals surface area contributed by atoms with E-state index in [-0.39, 0.29) is 7.43 Å². The Hall–Kier alpha value is -2.99. The third kappa shape index (κ3) is 4.91. The highest BCUT2D eigenvalue weighted by molar-refractivity contribution is 5.99. The largest absolute Gasteiger partial charge is 0.497 e. The van der Waals surface area contributed by atoms with Crippen LogP contribution >= 0.6 is 0 Å². The van der Waals surface area contributed by atoms with E-state index < -0.39 is 5.97 Å². The molecule has 204 valence electrons. The molecule has 3 heterocycles. The Morgan fingerprint density at radius 1 is 0.921 bits per heavy atom. The molecular formula is C32H43N3O3. The number of nitrogens with zero attached hydrogens (tertiary/aromatic N) is 3. The molecule has 0 spiro atoms. The third-order valence-corrected chi connectivity index (χ3v) is 8.89. The van der Waals surface area contributed by atoms with Crippen LogP contribution in [0.1, 0.15) is 80.6 Å². The molecule has 2 fully saturated rings. The monoisotopic (exact) mass is 517 g/mol. The van der Waals surface area contributed by atoms with E-state index in [2.05, 4.69) is 38.6 Å². The van der Waals surface area contributed by atoms with Crippen LogP contribution in [0.3, 0.4) is 0 Å². The number of aromatic nitrogens is 1. The normalized spacial score (nSPS) is 18.4. The minimum absolute atomic E-state index is 0. The van der Waals surface area contributed by atoms with Crippen LogP contribution in [0.2, 0.25) is 0 Å². The van der Waals surface area contributed by atoms with Crippen molar-refractivity contribution >= 4 is 22.6 Å². The van der Waals surface area contributed by atoms with Crippen molar-refractivity contribution in [1.82, 2.24) is 9.47 Å². The predicted molar refractivity (Wildman–Crippen MR) is 156 cm³/mol. The van der Waals surface area contributed by atoms with Crippen molar-refractivity contribution in [3.05, 3.63) is 47.5 Å². The van der Waals surface area contributed by atoms with Gasteiger partial charge < -0.3 is 24.2 Å². The number of likely N-dealkylation sites (tertiary alicyclic amines) is 1. The van der Waals surface area contributed by atoms with E-state index in [4.69, 9.17) is 4.74 Å². The molecule has 6 nitrogen and oxygen atoms in total. The van der Waals surface area contributed by atoms with Gasteiger partial charge in [0.15, 0.2) is 0 Å². The molecular weight excluding hydrogens is 474 g/mol. The maximum Gasteiger partial charge on any atom is 0.335 e. The van der Waals surface area contributed by atoms with Gasteiger partial charge in [-0.25, -0.2) is 4.79 Å². The second-order valence-electron chi connectivity index (χ2n) is 11.1. The summed E-state index contributed by atoms with van der Waals surface area (Å²) in [6, 6.07) is 12.3. The molecule has 0 unspecified atom stereocenters. The topological polar surface area (TPSA) is 57.9 Å². The van der Waals surface area contributed by atoms with E-state index in [0.717, 1.165) is 37.4 Å². The van der Waals surface area contributed by atoms with Gasteiger partial charge in [0, 0.05) is 54.4 Å². The molecule has 3 aromatic rings. The van der Waals surface area contributed by atoms with Gasteiger partial charge >= 0.3 is 5.97 Å². The first-order valence-electron chi connectivity index (χ1n) is 14.2. The lowest BCUT2D eigenvalue weighted by Crippen LogP contribution is -2.38. The van der Waals surface area contributed by atoms with E-state index in [1.54, 1.807) is 13.2 Å². The van der Waals surface area contributed by atoms with Gasteiger partial charge in [-0.05, 0) is 74.5 Å². The van der Waals surface area contributed by atoms with E-state index in [1.807, 2.05) is 6.07 Å². The summed E-state index contributed by atoms with van der Waals surface area (Å²) >= 11 is 0. The Labute approximate surface area is 227 Å². The van der Waals surface area contributed by atoms with Crippen molar-refractivity contribution in [2.75, 3.05) is 44.7 Å². The summed E-state index contributed by atoms with van der Waals surface area (Å²) in [7, 11) is 1.74. The molecule has 0 bridgehead atoms. The number of fused-ring (bicyclic) bond motifs is 5. The van der Waals surface area contributed by atoms with Gasteiger partial charge in [-0.2, -0.15) is 0 Å². The average Bonchev–Trinajstić information content (AvgIpc) is 3.18. The van der Waals surface area contributed by atoms with Crippen molar-refractivity contribution in [2.24, 2.45) is 0 Å². The molecule has 1 N–H and O–H groups in total. The van der Waals surface area contributed by atoms with Crippen molar-refractivity contribution in [3.63, 3.8) is 0 Å². The number of benzene rings is 2. The van der Waals surface area contributed by atoms with E-state index in [9.17, 15) is 9.90 Å². The summed E-state index contributed by atoms with van der Waals surface area (Å²) in [5.41, 5.74) is 6.65. The SMILES string of the molecule is C.COc1ccc2c(c1)N(CCN1CCCCC1)CCn1c-2c(C2CCCCC2)c2ccc(C(=O)O)cc21. The van der Waals surface area contributed by atoms with E-state index >= 15 is 0 Å². The van der Waals surface area contributed by atoms with E-state index in [1.165, 1.54) is 92.4 Å². The molecule has 2 aromatic carbocycles. The second kappa shape index (κ2) is 11.4. The first kappa shape index (κ1) is 26.6. The number of piperidine rings is 1. The molecule has 0 atom stereocenters. The van der Waals surface area contributed by atoms with Crippen molar-refractivity contribution in [3.8, 4) is 17.0 Å². The number of aromatic carboxylic acids is 1. The maximum absolute atomic E-state index is 11.9. The van der Waals surface area contributed by atoms with Crippen LogP contribution in [0.4, 0.5) is 5.69 Å². The molecule has 2 aliphatic heterocycles. The highest BCUT2D eigenvalue weighted by Crippen LogP contribution is 2.48. The zero-order chi connectivity index (χ0) is 25.4. The molecule has 6 heteroatoms. The Morgan fingerprint density at radius 2 is 1.68 bits per heavy atom. The summed E-state index contributed by atoms with van der Waals surface area (Å²) in [5, 5.41) is 11.0. The molecule has 3 aliphatic rings. The molecule has 38 heavy (non-hydrogen) atoms. The lowest BCUT2D eigenvalue weighted by Gasteiger charge is -2.31. The van der Waals surface area contributed by atoms with Crippen LogP contribution in [0.5, 0.6) is 5.75 Å². The number of hydrogen-bond acceptors (Lipinski definition) is 4. The van der Waals surface area contributed by atoms with Crippen LogP contribution in [-0.4, -0.2) is 60.4 Å². The Kier molecular flexibility index (Phi) is 7.98. The smallest absolute Gasteiger partial charge is 0.335 e. The molecule has 0 amide bonds. The zero-order valence-corrected chi connectivity index (χ0v) is 22.0. The van der Waals surface area contributed by atoms with Crippen LogP contribution in [-0.2, 0) is 6.54 Å². The van der Waals surface area contributed by atoms with Crippen LogP contribution < -0.4 is 9.64 Å². The van der Waals surface area contributed by atoms with Gasteiger partial charge in [0.2, 0.25) is 0 Å². The molecule has 1 aromatic heterocycles. The summed E-state index contributed by atoms with van der Waals surface area (Å²) in [6.07, 6.45) is 10.2. The molecule has 1 saturated carbocycles. The molecule has 1 aliphatic carbocycles. The van der Waals surface area contributed by atoms with Gasteiger partial charge in [-0.3, -0.25) is 0 Å². The minimum Gasteiger partial charge on any atom is -0.497 e. The standard InChI is InChI=1S/C31H39N3O3.CH4/c1-37-24-11-13-26-27(21-24)33(17-16-32-14-6-3-7-15-32)18-19-34-28-20-23(31(35)36)10-12-25(28)29(30(26)34)22-8-4-2-5-9-22;/h10-13,20-22H,2-9,14-19H2,1H3,(H,35,36);1H4. The number of ether oxygens (including phenoxy) is 1. The molecule has 1 saturated heterocycles. The quantitative estimate of drug-likeness (QED) is 0.381. The maximum atomic E-state index is 11.9. The van der Waals surface area contributed by atoms with Crippen LogP contribution in [0.15, 0.2) is 36.4 Å². The Morgan fingerprint density at radius 3 is 2.42 bits per heavy atom. The highest BCUT2D eigenvalue weighted by Gasteiger charge is 2.31. The Bertz CT molecular complexity index is 1280. The van der Waals surface area contributed by atoms with Crippen LogP contribution in [0.25, 0.3) is 22.2 Å². The summed E-state index contributed by atoms with van der Waals surface area (Å²) in [4.78, 5) is 17.1. The van der Waals surface area contributed by atoms with E-state index in [0.29, 0.717) is 11.5 Å². The fourth-order valence-electron chi connectivity index (χ4n) is 6.96.